The van der Waals surface area contributed by atoms with Crippen molar-refractivity contribution in [2.45, 2.75) is 71.4 Å². The zero-order chi connectivity index (χ0) is 16.3. The first-order valence-corrected chi connectivity index (χ1v) is 7.40. The minimum Gasteiger partial charge on any atom is -0.481 e. The van der Waals surface area contributed by atoms with Gasteiger partial charge in [-0.15, -0.1) is 0 Å². The highest BCUT2D eigenvalue weighted by Crippen LogP contribution is 2.32. The average Bonchev–Trinajstić information content (AvgIpc) is 2.74. The minimum absolute atomic E-state index is 0.0708. The lowest BCUT2D eigenvalue weighted by Crippen LogP contribution is -2.55. The second kappa shape index (κ2) is 6.45. The number of carboxylic acid groups (broad SMARTS) is 1. The maximum Gasteiger partial charge on any atom is 0.305 e. The van der Waals surface area contributed by atoms with E-state index in [0.29, 0.717) is 12.8 Å². The van der Waals surface area contributed by atoms with Crippen LogP contribution in [0.25, 0.3) is 0 Å². The lowest BCUT2D eigenvalue weighted by Gasteiger charge is -2.31. The lowest BCUT2D eigenvalue weighted by atomic mass is 9.92. The maximum atomic E-state index is 12.2. The second-order valence-electron chi connectivity index (χ2n) is 6.99. The molecule has 3 N–H and O–H groups in total. The van der Waals surface area contributed by atoms with Crippen LogP contribution in [0.4, 0.5) is 0 Å². The normalized spacial score (nSPS) is 18.9. The van der Waals surface area contributed by atoms with Gasteiger partial charge in [-0.25, -0.2) is 0 Å². The van der Waals surface area contributed by atoms with Crippen molar-refractivity contribution in [3.05, 3.63) is 0 Å². The number of aliphatic carboxylic acids is 1. The van der Waals surface area contributed by atoms with Crippen molar-refractivity contribution in [2.75, 3.05) is 0 Å². The summed E-state index contributed by atoms with van der Waals surface area (Å²) >= 11 is 0. The van der Waals surface area contributed by atoms with Crippen molar-refractivity contribution in [3.63, 3.8) is 0 Å². The van der Waals surface area contributed by atoms with Crippen LogP contribution in [-0.2, 0) is 14.4 Å². The van der Waals surface area contributed by atoms with Crippen LogP contribution in [0.5, 0.6) is 0 Å². The van der Waals surface area contributed by atoms with Crippen molar-refractivity contribution in [2.24, 2.45) is 5.41 Å². The van der Waals surface area contributed by atoms with E-state index >= 15 is 0 Å². The Kier molecular flexibility index (Phi) is 5.36. The average molecular weight is 298 g/mol. The lowest BCUT2D eigenvalue weighted by molar-refractivity contribution is -0.140. The zero-order valence-electron chi connectivity index (χ0n) is 13.3. The summed E-state index contributed by atoms with van der Waals surface area (Å²) in [6.45, 7) is 6.93. The number of carboxylic acids is 1. The Morgan fingerprint density at radius 1 is 1.19 bits per heavy atom. The van der Waals surface area contributed by atoms with Crippen molar-refractivity contribution in [1.82, 2.24) is 10.6 Å². The highest BCUT2D eigenvalue weighted by atomic mass is 16.4. The maximum absolute atomic E-state index is 12.2. The SMILES string of the molecule is CC(NC(=O)C(C)(C)C)C(=O)NC1(CC(=O)O)CCCC1. The number of carbonyl (C=O) groups excluding carboxylic acids is 2. The molecule has 0 aromatic rings. The molecule has 2 amide bonds. The van der Waals surface area contributed by atoms with E-state index < -0.39 is 23.0 Å². The summed E-state index contributed by atoms with van der Waals surface area (Å²) in [4.78, 5) is 35.1. The fourth-order valence-corrected chi connectivity index (χ4v) is 2.54. The van der Waals surface area contributed by atoms with E-state index in [2.05, 4.69) is 10.6 Å². The number of amides is 2. The van der Waals surface area contributed by atoms with Crippen LogP contribution in [0.3, 0.4) is 0 Å². The van der Waals surface area contributed by atoms with Crippen LogP contribution in [0, 0.1) is 5.41 Å². The molecule has 0 saturated heterocycles. The fourth-order valence-electron chi connectivity index (χ4n) is 2.54. The Morgan fingerprint density at radius 3 is 2.14 bits per heavy atom. The van der Waals surface area contributed by atoms with Crippen molar-refractivity contribution in [3.8, 4) is 0 Å². The molecule has 1 atom stereocenters. The van der Waals surface area contributed by atoms with E-state index in [9.17, 15) is 14.4 Å². The van der Waals surface area contributed by atoms with E-state index in [0.717, 1.165) is 12.8 Å². The number of carbonyl (C=O) groups is 3. The van der Waals surface area contributed by atoms with Gasteiger partial charge in [0.05, 0.1) is 12.0 Å². The first-order valence-electron chi connectivity index (χ1n) is 7.40. The van der Waals surface area contributed by atoms with Gasteiger partial charge in [0.15, 0.2) is 0 Å². The summed E-state index contributed by atoms with van der Waals surface area (Å²) in [5, 5.41) is 14.5. The molecule has 0 aromatic carbocycles. The fraction of sp³-hybridized carbons (Fsp3) is 0.800. The molecule has 6 nitrogen and oxygen atoms in total. The first kappa shape index (κ1) is 17.5. The molecule has 6 heteroatoms. The molecule has 1 aliphatic carbocycles. The van der Waals surface area contributed by atoms with Crippen LogP contribution in [-0.4, -0.2) is 34.5 Å². The molecule has 0 radical (unpaired) electrons. The third kappa shape index (κ3) is 5.02. The van der Waals surface area contributed by atoms with Crippen LogP contribution in [0.2, 0.25) is 0 Å². The highest BCUT2D eigenvalue weighted by Gasteiger charge is 2.38. The Morgan fingerprint density at radius 2 is 1.71 bits per heavy atom. The van der Waals surface area contributed by atoms with Gasteiger partial charge in [0.2, 0.25) is 11.8 Å². The molecule has 0 bridgehead atoms. The predicted octanol–water partition coefficient (Wildman–Crippen LogP) is 1.44. The van der Waals surface area contributed by atoms with Gasteiger partial charge in [0.1, 0.15) is 6.04 Å². The second-order valence-corrected chi connectivity index (χ2v) is 6.99. The quantitative estimate of drug-likeness (QED) is 0.715. The minimum atomic E-state index is -0.913. The molecule has 1 unspecified atom stereocenters. The van der Waals surface area contributed by atoms with Gasteiger partial charge in [0.25, 0.3) is 0 Å². The Labute approximate surface area is 125 Å². The van der Waals surface area contributed by atoms with Crippen LogP contribution in [0.15, 0.2) is 0 Å². The third-order valence-electron chi connectivity index (χ3n) is 3.86. The Balaban J connectivity index is 2.65. The molecule has 0 aliphatic heterocycles. The van der Waals surface area contributed by atoms with Crippen LogP contribution >= 0.6 is 0 Å². The van der Waals surface area contributed by atoms with Crippen LogP contribution < -0.4 is 10.6 Å². The molecule has 120 valence electrons. The van der Waals surface area contributed by atoms with Gasteiger partial charge >= 0.3 is 5.97 Å². The molecule has 0 heterocycles. The summed E-state index contributed by atoms with van der Waals surface area (Å²) in [7, 11) is 0. The summed E-state index contributed by atoms with van der Waals surface area (Å²) in [6, 6.07) is -0.678. The zero-order valence-corrected chi connectivity index (χ0v) is 13.3. The first-order chi connectivity index (χ1) is 9.56. The summed E-state index contributed by atoms with van der Waals surface area (Å²) in [5.74, 6) is -1.44. The molecule has 1 aliphatic rings. The number of rotatable bonds is 5. The van der Waals surface area contributed by atoms with E-state index in [-0.39, 0.29) is 18.2 Å². The number of nitrogens with one attached hydrogen (secondary N) is 2. The topological polar surface area (TPSA) is 95.5 Å². The summed E-state index contributed by atoms with van der Waals surface area (Å²) in [5.41, 5.74) is -1.23. The molecule has 1 rings (SSSR count). The van der Waals surface area contributed by atoms with Crippen LogP contribution in [0.1, 0.15) is 59.8 Å². The van der Waals surface area contributed by atoms with Crippen molar-refractivity contribution < 1.29 is 19.5 Å². The molecule has 21 heavy (non-hydrogen) atoms. The van der Waals surface area contributed by atoms with Gasteiger partial charge < -0.3 is 15.7 Å². The predicted molar refractivity (Wildman–Crippen MR) is 78.7 cm³/mol. The molecule has 1 fully saturated rings. The molecular weight excluding hydrogens is 272 g/mol. The molecule has 0 aromatic heterocycles. The molecular formula is C15H26N2O4. The Hall–Kier alpha value is -1.59. The third-order valence-corrected chi connectivity index (χ3v) is 3.86. The van der Waals surface area contributed by atoms with Gasteiger partial charge in [-0.1, -0.05) is 33.6 Å². The van der Waals surface area contributed by atoms with Crippen molar-refractivity contribution >= 4 is 17.8 Å². The Bertz CT molecular complexity index is 420. The van der Waals surface area contributed by atoms with E-state index in [4.69, 9.17) is 5.11 Å². The van der Waals surface area contributed by atoms with Gasteiger partial charge in [-0.3, -0.25) is 14.4 Å². The summed E-state index contributed by atoms with van der Waals surface area (Å²) in [6.07, 6.45) is 3.10. The molecule has 1 saturated carbocycles. The van der Waals surface area contributed by atoms with Crippen molar-refractivity contribution in [1.29, 1.82) is 0 Å². The molecule has 0 spiro atoms. The monoisotopic (exact) mass is 298 g/mol. The standard InChI is InChI=1S/C15H26N2O4/c1-10(16-13(21)14(2,3)4)12(20)17-15(9-11(18)19)7-5-6-8-15/h10H,5-9H2,1-4H3,(H,16,21)(H,17,20)(H,18,19). The largest absolute Gasteiger partial charge is 0.481 e. The van der Waals surface area contributed by atoms with E-state index in [1.54, 1.807) is 27.7 Å². The highest BCUT2D eigenvalue weighted by molar-refractivity contribution is 5.89. The smallest absolute Gasteiger partial charge is 0.305 e. The number of hydrogen-bond acceptors (Lipinski definition) is 3. The van der Waals surface area contributed by atoms with Gasteiger partial charge in [-0.05, 0) is 19.8 Å². The van der Waals surface area contributed by atoms with E-state index in [1.807, 2.05) is 0 Å². The summed E-state index contributed by atoms with van der Waals surface area (Å²) < 4.78 is 0. The number of hydrogen-bond donors (Lipinski definition) is 3. The van der Waals surface area contributed by atoms with E-state index in [1.165, 1.54) is 0 Å². The van der Waals surface area contributed by atoms with Gasteiger partial charge in [-0.2, -0.15) is 0 Å². The van der Waals surface area contributed by atoms with Gasteiger partial charge in [0, 0.05) is 5.41 Å².